The van der Waals surface area contributed by atoms with Crippen molar-refractivity contribution in [1.29, 1.82) is 0 Å². The van der Waals surface area contributed by atoms with Crippen molar-refractivity contribution in [2.75, 3.05) is 13.1 Å². The number of carbonyl (C=O) groups excluding carboxylic acids is 2. The van der Waals surface area contributed by atoms with Gasteiger partial charge in [-0.05, 0) is 40.2 Å². The summed E-state index contributed by atoms with van der Waals surface area (Å²) in [5.74, 6) is 0.312. The Hall–Kier alpha value is -1.10. The number of nitrogens with zero attached hydrogens (tertiary/aromatic N) is 2. The molecule has 2 unspecified atom stereocenters. The average molecular weight is 251 g/mol. The van der Waals surface area contributed by atoms with Crippen LogP contribution in [0.3, 0.4) is 0 Å². The third-order valence-electron chi connectivity index (χ3n) is 4.00. The molecule has 18 heavy (non-hydrogen) atoms. The number of amides is 2. The molecule has 5 nitrogen and oxygen atoms in total. The zero-order valence-electron chi connectivity index (χ0n) is 11.3. The van der Waals surface area contributed by atoms with E-state index >= 15 is 0 Å². The molecule has 0 aromatic rings. The normalized spacial score (nSPS) is 35.2. The molecule has 3 fully saturated rings. The van der Waals surface area contributed by atoms with Gasteiger partial charge in [-0.2, -0.15) is 0 Å². The minimum absolute atomic E-state index is 0.0422. The van der Waals surface area contributed by atoms with Crippen LogP contribution in [0, 0.1) is 0 Å². The zero-order valence-corrected chi connectivity index (χ0v) is 11.3. The lowest BCUT2D eigenvalue weighted by atomic mass is 10.0. The summed E-state index contributed by atoms with van der Waals surface area (Å²) in [5.41, 5.74) is -0.215. The van der Waals surface area contributed by atoms with E-state index in [0.29, 0.717) is 0 Å². The highest BCUT2D eigenvalue weighted by Crippen LogP contribution is 2.37. The molecule has 3 aliphatic rings. The van der Waals surface area contributed by atoms with Crippen molar-refractivity contribution in [2.24, 2.45) is 0 Å². The van der Waals surface area contributed by atoms with Crippen LogP contribution in [0.1, 0.15) is 33.6 Å². The molecule has 0 bridgehead atoms. The Morgan fingerprint density at radius 3 is 2.78 bits per heavy atom. The number of rotatable bonds is 1. The molecule has 3 atom stereocenters. The molecule has 0 radical (unpaired) electrons. The number of hydrogen-bond acceptors (Lipinski definition) is 3. The summed E-state index contributed by atoms with van der Waals surface area (Å²) < 4.78 is 0. The molecule has 1 N–H and O–H groups in total. The molecule has 3 rings (SSSR count). The standard InChI is InChI=1S/C13H21N3O2/c1-13(2,3)14-11(17)10-9-7-16(9)12(18)8-5-4-6-15(8)10/h8-10H,4-7H2,1-3H3,(H,14,17)/t8?,9?,10-,16?/m0/s1. The van der Waals surface area contributed by atoms with Crippen molar-refractivity contribution in [1.82, 2.24) is 15.1 Å². The van der Waals surface area contributed by atoms with Crippen molar-refractivity contribution in [3.63, 3.8) is 0 Å². The van der Waals surface area contributed by atoms with E-state index in [0.717, 1.165) is 25.9 Å². The minimum Gasteiger partial charge on any atom is -0.350 e. The highest BCUT2D eigenvalue weighted by atomic mass is 16.2. The zero-order chi connectivity index (χ0) is 13.1. The summed E-state index contributed by atoms with van der Waals surface area (Å²) in [6, 6.07) is -0.0527. The highest BCUT2D eigenvalue weighted by Gasteiger charge is 2.59. The van der Waals surface area contributed by atoms with Gasteiger partial charge in [0.25, 0.3) is 0 Å². The topological polar surface area (TPSA) is 52.4 Å². The van der Waals surface area contributed by atoms with Crippen LogP contribution in [-0.4, -0.2) is 58.4 Å². The Bertz CT molecular complexity index is 402. The maximum Gasteiger partial charge on any atom is 0.240 e. The van der Waals surface area contributed by atoms with Gasteiger partial charge >= 0.3 is 0 Å². The molecular weight excluding hydrogens is 230 g/mol. The van der Waals surface area contributed by atoms with E-state index in [1.54, 1.807) is 0 Å². The lowest BCUT2D eigenvalue weighted by molar-refractivity contribution is -0.140. The number of carbonyl (C=O) groups is 2. The second-order valence-corrected chi connectivity index (χ2v) is 6.64. The maximum atomic E-state index is 12.4. The smallest absolute Gasteiger partial charge is 0.240 e. The van der Waals surface area contributed by atoms with Gasteiger partial charge in [-0.15, -0.1) is 0 Å². The van der Waals surface area contributed by atoms with Gasteiger partial charge in [0.2, 0.25) is 11.8 Å². The largest absolute Gasteiger partial charge is 0.350 e. The van der Waals surface area contributed by atoms with Crippen LogP contribution in [-0.2, 0) is 9.59 Å². The fraction of sp³-hybridized carbons (Fsp3) is 0.846. The van der Waals surface area contributed by atoms with E-state index in [1.807, 2.05) is 25.7 Å². The first-order valence-corrected chi connectivity index (χ1v) is 6.77. The van der Waals surface area contributed by atoms with Gasteiger partial charge in [0.15, 0.2) is 0 Å². The molecule has 0 spiro atoms. The van der Waals surface area contributed by atoms with E-state index in [4.69, 9.17) is 0 Å². The van der Waals surface area contributed by atoms with E-state index in [1.165, 1.54) is 0 Å². The van der Waals surface area contributed by atoms with Crippen LogP contribution in [0.25, 0.3) is 0 Å². The van der Waals surface area contributed by atoms with Crippen molar-refractivity contribution >= 4 is 11.8 Å². The van der Waals surface area contributed by atoms with Crippen LogP contribution in [0.2, 0.25) is 0 Å². The predicted molar refractivity (Wildman–Crippen MR) is 66.9 cm³/mol. The predicted octanol–water partition coefficient (Wildman–Crippen LogP) is -0.0415. The Labute approximate surface area is 107 Å². The lowest BCUT2D eigenvalue weighted by Gasteiger charge is -2.37. The Kier molecular flexibility index (Phi) is 2.46. The van der Waals surface area contributed by atoms with E-state index in [-0.39, 0.29) is 35.5 Å². The Morgan fingerprint density at radius 1 is 1.39 bits per heavy atom. The highest BCUT2D eigenvalue weighted by molar-refractivity contribution is 5.92. The molecule has 0 aromatic carbocycles. The summed E-state index contributed by atoms with van der Waals surface area (Å²) in [4.78, 5) is 28.4. The summed E-state index contributed by atoms with van der Waals surface area (Å²) >= 11 is 0. The van der Waals surface area contributed by atoms with E-state index < -0.39 is 0 Å². The summed E-state index contributed by atoms with van der Waals surface area (Å²) in [7, 11) is 0. The third kappa shape index (κ3) is 1.81. The van der Waals surface area contributed by atoms with Gasteiger partial charge in [-0.3, -0.25) is 14.5 Å². The molecule has 0 aliphatic carbocycles. The van der Waals surface area contributed by atoms with E-state index in [2.05, 4.69) is 10.2 Å². The third-order valence-corrected chi connectivity index (χ3v) is 4.00. The van der Waals surface area contributed by atoms with Crippen molar-refractivity contribution in [3.05, 3.63) is 0 Å². The molecule has 100 valence electrons. The van der Waals surface area contributed by atoms with Gasteiger partial charge < -0.3 is 10.2 Å². The molecule has 0 aromatic heterocycles. The molecule has 2 amide bonds. The van der Waals surface area contributed by atoms with Crippen LogP contribution in [0.5, 0.6) is 0 Å². The van der Waals surface area contributed by atoms with Crippen LogP contribution in [0.15, 0.2) is 0 Å². The van der Waals surface area contributed by atoms with E-state index in [9.17, 15) is 9.59 Å². The molecule has 3 heterocycles. The second-order valence-electron chi connectivity index (χ2n) is 6.64. The molecule has 0 saturated carbocycles. The molecular formula is C13H21N3O2. The van der Waals surface area contributed by atoms with Gasteiger partial charge in [0.1, 0.15) is 6.04 Å². The number of nitrogens with one attached hydrogen (secondary N) is 1. The molecule has 3 aliphatic heterocycles. The number of piperazine rings is 1. The fourth-order valence-electron chi connectivity index (χ4n) is 3.25. The van der Waals surface area contributed by atoms with Gasteiger partial charge in [0, 0.05) is 12.1 Å². The van der Waals surface area contributed by atoms with Gasteiger partial charge in [0.05, 0.1) is 12.1 Å². The van der Waals surface area contributed by atoms with Gasteiger partial charge in [-0.25, -0.2) is 0 Å². The minimum atomic E-state index is -0.215. The van der Waals surface area contributed by atoms with Crippen molar-refractivity contribution < 1.29 is 9.59 Å². The van der Waals surface area contributed by atoms with Crippen molar-refractivity contribution in [2.45, 2.75) is 57.3 Å². The summed E-state index contributed by atoms with van der Waals surface area (Å²) in [5, 5.41) is 3.05. The SMILES string of the molecule is CC(C)(C)NC(=O)[C@@H]1C2CN2C(=O)C2CCCN21. The first-order chi connectivity index (χ1) is 8.38. The van der Waals surface area contributed by atoms with Crippen molar-refractivity contribution in [3.8, 4) is 0 Å². The van der Waals surface area contributed by atoms with Crippen LogP contribution >= 0.6 is 0 Å². The number of hydrogen-bond donors (Lipinski definition) is 1. The summed E-state index contributed by atoms with van der Waals surface area (Å²) in [6.45, 7) is 7.61. The molecule has 5 heteroatoms. The van der Waals surface area contributed by atoms with Gasteiger partial charge in [-0.1, -0.05) is 0 Å². The molecule has 3 saturated heterocycles. The first kappa shape index (κ1) is 12.0. The van der Waals surface area contributed by atoms with Crippen LogP contribution < -0.4 is 5.32 Å². The second kappa shape index (κ2) is 3.70. The lowest BCUT2D eigenvalue weighted by Crippen LogP contribution is -2.61. The number of fused-ring (bicyclic) bond motifs is 2. The monoisotopic (exact) mass is 251 g/mol. The fourth-order valence-corrected chi connectivity index (χ4v) is 3.25. The Morgan fingerprint density at radius 2 is 2.11 bits per heavy atom. The van der Waals surface area contributed by atoms with Crippen LogP contribution in [0.4, 0.5) is 0 Å². The average Bonchev–Trinajstić information content (AvgIpc) is 2.85. The quantitative estimate of drug-likeness (QED) is 0.665. The first-order valence-electron chi connectivity index (χ1n) is 6.77. The Balaban J connectivity index is 1.79. The summed E-state index contributed by atoms with van der Waals surface area (Å²) in [6.07, 6.45) is 1.93. The maximum absolute atomic E-state index is 12.4.